The summed E-state index contributed by atoms with van der Waals surface area (Å²) in [6.07, 6.45) is 3.69. The molecule has 0 spiro atoms. The van der Waals surface area contributed by atoms with E-state index in [1.165, 1.54) is 25.3 Å². The Labute approximate surface area is 130 Å². The van der Waals surface area contributed by atoms with E-state index in [1.807, 2.05) is 0 Å². The maximum absolute atomic E-state index is 11.9. The topological polar surface area (TPSA) is 79.2 Å². The van der Waals surface area contributed by atoms with E-state index >= 15 is 0 Å². The van der Waals surface area contributed by atoms with E-state index in [1.54, 1.807) is 6.07 Å². The Morgan fingerprint density at radius 1 is 1.36 bits per heavy atom. The van der Waals surface area contributed by atoms with Gasteiger partial charge in [-0.1, -0.05) is 20.8 Å². The average Bonchev–Trinajstić information content (AvgIpc) is 2.57. The largest absolute Gasteiger partial charge is 0.365 e. The first-order chi connectivity index (χ1) is 10.2. The van der Waals surface area contributed by atoms with Crippen LogP contribution in [0.25, 0.3) is 0 Å². The van der Waals surface area contributed by atoms with E-state index < -0.39 is 11.5 Å². The predicted molar refractivity (Wildman–Crippen MR) is 85.5 cm³/mol. The monoisotopic (exact) mass is 303 g/mol. The van der Waals surface area contributed by atoms with Crippen molar-refractivity contribution >= 4 is 5.91 Å². The van der Waals surface area contributed by atoms with Gasteiger partial charge in [-0.15, -0.1) is 0 Å². The molecule has 2 heterocycles. The number of amides is 1. The minimum atomic E-state index is -0.681. The van der Waals surface area contributed by atoms with E-state index in [4.69, 9.17) is 5.73 Å². The average molecular weight is 303 g/mol. The highest BCUT2D eigenvalue weighted by Gasteiger charge is 2.49. The number of aromatic nitrogens is 1. The van der Waals surface area contributed by atoms with Gasteiger partial charge >= 0.3 is 0 Å². The van der Waals surface area contributed by atoms with Crippen LogP contribution in [0.5, 0.6) is 0 Å². The summed E-state index contributed by atoms with van der Waals surface area (Å²) in [6.45, 7) is 8.88. The van der Waals surface area contributed by atoms with E-state index in [-0.39, 0.29) is 5.56 Å². The molecule has 2 atom stereocenters. The number of H-pyrrole nitrogens is 1. The first kappa shape index (κ1) is 15.3. The molecule has 120 valence electrons. The van der Waals surface area contributed by atoms with Crippen LogP contribution in [0.4, 0.5) is 0 Å². The van der Waals surface area contributed by atoms with Gasteiger partial charge in [-0.05, 0) is 42.2 Å². The third-order valence-corrected chi connectivity index (χ3v) is 5.13. The molecule has 3 N–H and O–H groups in total. The van der Waals surface area contributed by atoms with Crippen molar-refractivity contribution in [3.05, 3.63) is 33.7 Å². The molecular weight excluding hydrogens is 278 g/mol. The molecule has 5 nitrogen and oxygen atoms in total. The summed E-state index contributed by atoms with van der Waals surface area (Å²) < 4.78 is 0. The van der Waals surface area contributed by atoms with Crippen molar-refractivity contribution in [1.29, 1.82) is 0 Å². The van der Waals surface area contributed by atoms with Crippen LogP contribution >= 0.6 is 0 Å². The number of nitrogens with zero attached hydrogens (tertiary/aromatic N) is 1. The maximum Gasteiger partial charge on any atom is 0.261 e. The third kappa shape index (κ3) is 2.82. The van der Waals surface area contributed by atoms with Crippen molar-refractivity contribution in [2.75, 3.05) is 6.54 Å². The van der Waals surface area contributed by atoms with Crippen LogP contribution in [0, 0.1) is 10.8 Å². The van der Waals surface area contributed by atoms with Gasteiger partial charge in [0.25, 0.3) is 11.5 Å². The fraction of sp³-hybridized carbons (Fsp3) is 0.647. The molecule has 2 bridgehead atoms. The zero-order chi connectivity index (χ0) is 16.1. The lowest BCUT2D eigenvalue weighted by Gasteiger charge is -2.39. The molecule has 1 saturated heterocycles. The molecule has 1 aromatic rings. The number of pyridine rings is 1. The number of nitrogens with one attached hydrogen (secondary N) is 1. The summed E-state index contributed by atoms with van der Waals surface area (Å²) in [6, 6.07) is 3.91. The van der Waals surface area contributed by atoms with Gasteiger partial charge in [-0.3, -0.25) is 14.5 Å². The fourth-order valence-electron chi connectivity index (χ4n) is 4.78. The van der Waals surface area contributed by atoms with E-state index in [0.717, 1.165) is 18.8 Å². The highest BCUT2D eigenvalue weighted by molar-refractivity contribution is 5.92. The summed E-state index contributed by atoms with van der Waals surface area (Å²) in [5, 5.41) is 0. The van der Waals surface area contributed by atoms with Gasteiger partial charge in [0.2, 0.25) is 0 Å². The Kier molecular flexibility index (Phi) is 3.44. The molecule has 2 fully saturated rings. The normalized spacial score (nSPS) is 30.4. The van der Waals surface area contributed by atoms with Crippen molar-refractivity contribution in [1.82, 2.24) is 9.88 Å². The van der Waals surface area contributed by atoms with Gasteiger partial charge < -0.3 is 10.7 Å². The number of fused-ring (bicyclic) bond motifs is 2. The number of likely N-dealkylation sites (tertiary alicyclic amines) is 1. The number of hydrogen-bond acceptors (Lipinski definition) is 3. The molecule has 3 rings (SSSR count). The van der Waals surface area contributed by atoms with Crippen molar-refractivity contribution < 1.29 is 4.79 Å². The minimum Gasteiger partial charge on any atom is -0.365 e. The summed E-state index contributed by atoms with van der Waals surface area (Å²) in [4.78, 5) is 28.3. The Balaban J connectivity index is 1.79. The zero-order valence-electron chi connectivity index (χ0n) is 13.6. The van der Waals surface area contributed by atoms with Crippen LogP contribution in [-0.4, -0.2) is 28.4 Å². The number of hydrogen-bond donors (Lipinski definition) is 2. The van der Waals surface area contributed by atoms with Gasteiger partial charge in [0.15, 0.2) is 0 Å². The molecular formula is C17H25N3O2. The predicted octanol–water partition coefficient (Wildman–Crippen LogP) is 1.87. The van der Waals surface area contributed by atoms with Crippen LogP contribution in [0.15, 0.2) is 16.9 Å². The van der Waals surface area contributed by atoms with Gasteiger partial charge in [-0.2, -0.15) is 0 Å². The molecule has 2 unspecified atom stereocenters. The number of carbonyl (C=O) groups excluding carboxylic acids is 1. The Bertz CT molecular complexity index is 664. The first-order valence-corrected chi connectivity index (χ1v) is 7.94. The zero-order valence-corrected chi connectivity index (χ0v) is 13.6. The highest BCUT2D eigenvalue weighted by atomic mass is 16.2. The fourth-order valence-corrected chi connectivity index (χ4v) is 4.78. The van der Waals surface area contributed by atoms with Crippen molar-refractivity contribution in [2.24, 2.45) is 16.6 Å². The number of carbonyl (C=O) groups is 1. The number of rotatable bonds is 3. The molecule has 0 radical (unpaired) electrons. The van der Waals surface area contributed by atoms with Crippen molar-refractivity contribution in [3.8, 4) is 0 Å². The van der Waals surface area contributed by atoms with Crippen LogP contribution in [0.2, 0.25) is 0 Å². The molecule has 1 aliphatic carbocycles. The molecule has 1 aromatic heterocycles. The van der Waals surface area contributed by atoms with E-state index in [0.29, 0.717) is 16.9 Å². The van der Waals surface area contributed by atoms with Crippen LogP contribution in [-0.2, 0) is 6.54 Å². The molecule has 2 aliphatic rings. The van der Waals surface area contributed by atoms with Crippen LogP contribution in [0.3, 0.4) is 0 Å². The lowest BCUT2D eigenvalue weighted by Crippen LogP contribution is -2.35. The minimum absolute atomic E-state index is 0.0250. The third-order valence-electron chi connectivity index (χ3n) is 5.13. The summed E-state index contributed by atoms with van der Waals surface area (Å²) in [5.74, 6) is -0.681. The molecule has 0 aromatic carbocycles. The van der Waals surface area contributed by atoms with Gasteiger partial charge in [-0.25, -0.2) is 0 Å². The van der Waals surface area contributed by atoms with Crippen LogP contribution in [0.1, 0.15) is 56.1 Å². The quantitative estimate of drug-likeness (QED) is 0.894. The second kappa shape index (κ2) is 4.95. The van der Waals surface area contributed by atoms with E-state index in [2.05, 4.69) is 30.7 Å². The standard InChI is InChI=1S/C17H25N3O2/c1-16(2)6-12-7-17(3,9-16)10-20(12)8-11-4-5-13(14(18)21)15(22)19-11/h4-5,12H,6-10H2,1-3H3,(H2,18,21)(H,19,22). The number of primary amides is 1. The SMILES string of the molecule is CC1(C)CC2CC(C)(CN2Cc2ccc(C(N)=O)c(=O)[nH]2)C1. The van der Waals surface area contributed by atoms with Gasteiger partial charge in [0, 0.05) is 24.8 Å². The molecule has 5 heteroatoms. The number of aromatic amines is 1. The summed E-state index contributed by atoms with van der Waals surface area (Å²) >= 11 is 0. The van der Waals surface area contributed by atoms with Crippen LogP contribution < -0.4 is 11.3 Å². The lowest BCUT2D eigenvalue weighted by atomic mass is 9.65. The summed E-state index contributed by atoms with van der Waals surface area (Å²) in [5.41, 5.74) is 6.42. The number of nitrogens with two attached hydrogens (primary N) is 1. The Morgan fingerprint density at radius 2 is 2.09 bits per heavy atom. The highest BCUT2D eigenvalue weighted by Crippen LogP contribution is 2.52. The van der Waals surface area contributed by atoms with Gasteiger partial charge in [0.1, 0.15) is 5.56 Å². The van der Waals surface area contributed by atoms with Crippen molar-refractivity contribution in [3.63, 3.8) is 0 Å². The van der Waals surface area contributed by atoms with Gasteiger partial charge in [0.05, 0.1) is 0 Å². The Hall–Kier alpha value is -1.62. The second-order valence-electron chi connectivity index (χ2n) is 8.21. The lowest BCUT2D eigenvalue weighted by molar-refractivity contribution is 0.0998. The molecule has 1 saturated carbocycles. The second-order valence-corrected chi connectivity index (χ2v) is 8.21. The summed E-state index contributed by atoms with van der Waals surface area (Å²) in [7, 11) is 0. The van der Waals surface area contributed by atoms with Crippen molar-refractivity contribution in [2.45, 2.75) is 52.6 Å². The molecule has 22 heavy (non-hydrogen) atoms. The van der Waals surface area contributed by atoms with E-state index in [9.17, 15) is 9.59 Å². The Morgan fingerprint density at radius 3 is 2.73 bits per heavy atom. The molecule has 1 amide bonds. The smallest absolute Gasteiger partial charge is 0.261 e. The first-order valence-electron chi connectivity index (χ1n) is 7.94. The molecule has 1 aliphatic heterocycles. The maximum atomic E-state index is 11.9.